The predicted molar refractivity (Wildman–Crippen MR) is 116 cm³/mol. The summed E-state index contributed by atoms with van der Waals surface area (Å²) in [5.74, 6) is -0.439. The number of halogens is 1. The third-order valence-corrected chi connectivity index (χ3v) is 4.93. The van der Waals surface area contributed by atoms with Gasteiger partial charge in [0.1, 0.15) is 5.75 Å². The fourth-order valence-corrected chi connectivity index (χ4v) is 3.23. The molecule has 0 aliphatic heterocycles. The first kappa shape index (κ1) is 21.5. The van der Waals surface area contributed by atoms with E-state index >= 15 is 0 Å². The van der Waals surface area contributed by atoms with Gasteiger partial charge < -0.3 is 15.7 Å². The van der Waals surface area contributed by atoms with E-state index in [-0.39, 0.29) is 36.1 Å². The van der Waals surface area contributed by atoms with Gasteiger partial charge in [0.2, 0.25) is 5.91 Å². The van der Waals surface area contributed by atoms with Crippen molar-refractivity contribution in [2.24, 2.45) is 0 Å². The number of hydrogen-bond donors (Lipinski definition) is 3. The second-order valence-corrected chi connectivity index (χ2v) is 7.58. The van der Waals surface area contributed by atoms with Crippen molar-refractivity contribution in [2.45, 2.75) is 19.4 Å². The Kier molecular flexibility index (Phi) is 7.18. The fraction of sp³-hybridized carbons (Fsp3) is 0.238. The van der Waals surface area contributed by atoms with Crippen molar-refractivity contribution in [3.05, 3.63) is 69.2 Å². The Morgan fingerprint density at radius 3 is 2.70 bits per heavy atom. The van der Waals surface area contributed by atoms with Crippen LogP contribution in [0.1, 0.15) is 23.2 Å². The van der Waals surface area contributed by atoms with Gasteiger partial charge in [-0.05, 0) is 42.8 Å². The minimum atomic E-state index is -0.285. The molecule has 0 spiro atoms. The molecule has 156 valence electrons. The number of aromatic nitrogens is 2. The molecule has 3 rings (SSSR count). The summed E-state index contributed by atoms with van der Waals surface area (Å²) in [5, 5.41) is 15.4. The van der Waals surface area contributed by atoms with Gasteiger partial charge >= 0.3 is 0 Å². The van der Waals surface area contributed by atoms with Crippen LogP contribution >= 0.6 is 15.9 Å². The van der Waals surface area contributed by atoms with Crippen LogP contribution in [0.5, 0.6) is 5.75 Å². The van der Waals surface area contributed by atoms with Gasteiger partial charge in [0.25, 0.3) is 11.5 Å². The molecule has 0 radical (unpaired) electrons. The molecule has 0 saturated heterocycles. The highest BCUT2D eigenvalue weighted by Crippen LogP contribution is 2.15. The zero-order valence-corrected chi connectivity index (χ0v) is 17.7. The van der Waals surface area contributed by atoms with E-state index in [4.69, 9.17) is 0 Å². The molecule has 0 bridgehead atoms. The number of aryl methyl sites for hydroxylation is 1. The third kappa shape index (κ3) is 5.66. The molecule has 2 amide bonds. The Bertz CT molecular complexity index is 1130. The van der Waals surface area contributed by atoms with Crippen molar-refractivity contribution in [3.63, 3.8) is 0 Å². The number of nitrogens with zero attached hydrogens (tertiary/aromatic N) is 2. The summed E-state index contributed by atoms with van der Waals surface area (Å²) in [6.45, 7) is 1.02. The molecular formula is C21H21BrN4O4. The van der Waals surface area contributed by atoms with Gasteiger partial charge in [-0.15, -0.1) is 0 Å². The first-order valence-corrected chi connectivity index (χ1v) is 10.2. The average molecular weight is 473 g/mol. The van der Waals surface area contributed by atoms with E-state index in [0.29, 0.717) is 36.0 Å². The van der Waals surface area contributed by atoms with E-state index in [1.54, 1.807) is 24.3 Å². The topological polar surface area (TPSA) is 113 Å². The predicted octanol–water partition coefficient (Wildman–Crippen LogP) is 2.19. The molecule has 0 atom stereocenters. The number of benzene rings is 2. The smallest absolute Gasteiger partial charge is 0.261 e. The van der Waals surface area contributed by atoms with Crippen LogP contribution in [-0.2, 0) is 11.3 Å². The van der Waals surface area contributed by atoms with Crippen LogP contribution in [0.4, 0.5) is 0 Å². The summed E-state index contributed by atoms with van der Waals surface area (Å²) in [6.07, 6.45) is 2.15. The molecule has 3 N–H and O–H groups in total. The number of nitrogens with one attached hydrogen (secondary N) is 2. The Morgan fingerprint density at radius 2 is 1.90 bits per heavy atom. The van der Waals surface area contributed by atoms with Crippen LogP contribution in [0.3, 0.4) is 0 Å². The summed E-state index contributed by atoms with van der Waals surface area (Å²) in [6, 6.07) is 11.4. The van der Waals surface area contributed by atoms with Crippen LogP contribution in [0.15, 0.2) is 58.1 Å². The van der Waals surface area contributed by atoms with Crippen molar-refractivity contribution in [1.82, 2.24) is 20.2 Å². The number of carbonyl (C=O) groups excluding carboxylic acids is 2. The van der Waals surface area contributed by atoms with E-state index in [0.717, 1.165) is 4.47 Å². The molecular weight excluding hydrogens is 452 g/mol. The molecule has 0 aliphatic rings. The zero-order chi connectivity index (χ0) is 21.5. The maximum atomic E-state index is 12.5. The van der Waals surface area contributed by atoms with Crippen LogP contribution in [0.25, 0.3) is 10.9 Å². The lowest BCUT2D eigenvalue weighted by molar-refractivity contribution is -0.121. The van der Waals surface area contributed by atoms with Crippen molar-refractivity contribution in [2.75, 3.05) is 13.1 Å². The zero-order valence-electron chi connectivity index (χ0n) is 16.1. The molecule has 8 nitrogen and oxygen atoms in total. The Labute approximate surface area is 181 Å². The molecule has 30 heavy (non-hydrogen) atoms. The highest BCUT2D eigenvalue weighted by molar-refractivity contribution is 9.10. The van der Waals surface area contributed by atoms with Gasteiger partial charge in [0.05, 0.1) is 17.2 Å². The molecule has 9 heteroatoms. The molecule has 0 aliphatic carbocycles. The lowest BCUT2D eigenvalue weighted by Gasteiger charge is -2.09. The van der Waals surface area contributed by atoms with Gasteiger partial charge in [-0.25, -0.2) is 4.98 Å². The standard InChI is InChI=1S/C21H21BrN4O4/c22-15-5-6-18-17(12-15)21(30)26(13-25-18)10-7-19(28)23-8-2-9-24-20(29)14-3-1-4-16(27)11-14/h1,3-6,11-13,27H,2,7-10H2,(H,23,28)(H,24,29). The SMILES string of the molecule is O=C(CCn1cnc2ccc(Br)cc2c1=O)NCCCNC(=O)c1cccc(O)c1. The van der Waals surface area contributed by atoms with Crippen LogP contribution in [0.2, 0.25) is 0 Å². The molecule has 0 fully saturated rings. The van der Waals surface area contributed by atoms with Gasteiger partial charge in [-0.1, -0.05) is 22.0 Å². The lowest BCUT2D eigenvalue weighted by Crippen LogP contribution is -2.31. The summed E-state index contributed by atoms with van der Waals surface area (Å²) in [4.78, 5) is 40.7. The minimum absolute atomic E-state index is 0.0308. The molecule has 0 unspecified atom stereocenters. The second-order valence-electron chi connectivity index (χ2n) is 6.66. The summed E-state index contributed by atoms with van der Waals surface area (Å²) in [5.41, 5.74) is 0.793. The van der Waals surface area contributed by atoms with Crippen LogP contribution in [-0.4, -0.2) is 39.6 Å². The van der Waals surface area contributed by atoms with Crippen LogP contribution < -0.4 is 16.2 Å². The number of fused-ring (bicyclic) bond motifs is 1. The number of rotatable bonds is 8. The van der Waals surface area contributed by atoms with Crippen molar-refractivity contribution in [3.8, 4) is 5.75 Å². The fourth-order valence-electron chi connectivity index (χ4n) is 2.87. The Morgan fingerprint density at radius 1 is 1.10 bits per heavy atom. The van der Waals surface area contributed by atoms with Crippen molar-refractivity contribution >= 4 is 38.6 Å². The molecule has 3 aromatic rings. The van der Waals surface area contributed by atoms with Crippen molar-refractivity contribution in [1.29, 1.82) is 0 Å². The summed E-state index contributed by atoms with van der Waals surface area (Å²) in [7, 11) is 0. The number of amides is 2. The quantitative estimate of drug-likeness (QED) is 0.434. The van der Waals surface area contributed by atoms with Gasteiger partial charge in [0.15, 0.2) is 0 Å². The first-order chi connectivity index (χ1) is 14.4. The van der Waals surface area contributed by atoms with E-state index in [2.05, 4.69) is 31.5 Å². The minimum Gasteiger partial charge on any atom is -0.508 e. The highest BCUT2D eigenvalue weighted by Gasteiger charge is 2.08. The summed E-state index contributed by atoms with van der Waals surface area (Å²) >= 11 is 3.34. The molecule has 1 aromatic heterocycles. The van der Waals surface area contributed by atoms with E-state index in [1.807, 2.05) is 6.07 Å². The van der Waals surface area contributed by atoms with Crippen LogP contribution in [0, 0.1) is 0 Å². The number of aromatic hydroxyl groups is 1. The lowest BCUT2D eigenvalue weighted by atomic mass is 10.2. The maximum Gasteiger partial charge on any atom is 0.261 e. The Balaban J connectivity index is 1.40. The summed E-state index contributed by atoms with van der Waals surface area (Å²) < 4.78 is 2.21. The number of phenolic OH excluding ortho intramolecular Hbond substituents is 1. The van der Waals surface area contributed by atoms with E-state index < -0.39 is 0 Å². The second kappa shape index (κ2) is 10.0. The average Bonchev–Trinajstić information content (AvgIpc) is 2.73. The first-order valence-electron chi connectivity index (χ1n) is 9.42. The van der Waals surface area contributed by atoms with Gasteiger partial charge in [0, 0.05) is 36.1 Å². The normalized spacial score (nSPS) is 10.7. The van der Waals surface area contributed by atoms with Gasteiger partial charge in [-0.2, -0.15) is 0 Å². The molecule has 1 heterocycles. The van der Waals surface area contributed by atoms with E-state index in [9.17, 15) is 19.5 Å². The van der Waals surface area contributed by atoms with Gasteiger partial charge in [-0.3, -0.25) is 19.0 Å². The van der Waals surface area contributed by atoms with E-state index in [1.165, 1.54) is 23.0 Å². The molecule has 0 saturated carbocycles. The Hall–Kier alpha value is -3.20. The number of hydrogen-bond acceptors (Lipinski definition) is 5. The molecule has 2 aromatic carbocycles. The maximum absolute atomic E-state index is 12.5. The third-order valence-electron chi connectivity index (χ3n) is 4.44. The highest BCUT2D eigenvalue weighted by atomic mass is 79.9. The van der Waals surface area contributed by atoms with Crippen molar-refractivity contribution < 1.29 is 14.7 Å². The number of phenols is 1. The number of carbonyl (C=O) groups is 2. The monoisotopic (exact) mass is 472 g/mol. The largest absolute Gasteiger partial charge is 0.508 e.